The van der Waals surface area contributed by atoms with E-state index in [-0.39, 0.29) is 0 Å². The van der Waals surface area contributed by atoms with Gasteiger partial charge in [0.2, 0.25) is 0 Å². The molecule has 0 aromatic carbocycles. The van der Waals surface area contributed by atoms with E-state index in [1.54, 1.807) is 0 Å². The fourth-order valence-electron chi connectivity index (χ4n) is 1.75. The van der Waals surface area contributed by atoms with Crippen molar-refractivity contribution in [3.63, 3.8) is 0 Å². The van der Waals surface area contributed by atoms with Gasteiger partial charge in [-0.2, -0.15) is 0 Å². The van der Waals surface area contributed by atoms with Crippen molar-refractivity contribution in [3.05, 3.63) is 23.4 Å². The minimum absolute atomic E-state index is 0.327. The highest BCUT2D eigenvalue weighted by molar-refractivity contribution is 5.99. The van der Waals surface area contributed by atoms with Gasteiger partial charge in [-0.1, -0.05) is 11.6 Å². The fourth-order valence-corrected chi connectivity index (χ4v) is 1.75. The molecular weight excluding hydrogens is 212 g/mol. The summed E-state index contributed by atoms with van der Waals surface area (Å²) in [4.78, 5) is 15.9. The Bertz CT molecular complexity index is 360. The van der Waals surface area contributed by atoms with E-state index in [0.717, 1.165) is 18.7 Å². The highest BCUT2D eigenvalue weighted by Gasteiger charge is 2.10. The van der Waals surface area contributed by atoms with Gasteiger partial charge in [0.1, 0.15) is 11.6 Å². The number of hydrogen-bond acceptors (Lipinski definition) is 3. The number of nitrogens with one attached hydrogen (secondary N) is 1. The number of carbonyl (C=O) groups excluding carboxylic acids is 1. The SMILES string of the molecule is C/C=C1/CCCC(=O)CCN=C1NC=C(C)C. The molecule has 0 atom stereocenters. The normalized spacial score (nSPS) is 20.1. The summed E-state index contributed by atoms with van der Waals surface area (Å²) < 4.78 is 0. The van der Waals surface area contributed by atoms with E-state index in [4.69, 9.17) is 0 Å². The molecule has 17 heavy (non-hydrogen) atoms. The fraction of sp³-hybridized carbons (Fsp3) is 0.571. The molecule has 0 aliphatic carbocycles. The molecule has 1 rings (SSSR count). The molecule has 0 spiro atoms. The largest absolute Gasteiger partial charge is 0.347 e. The summed E-state index contributed by atoms with van der Waals surface area (Å²) in [6.07, 6.45) is 7.14. The van der Waals surface area contributed by atoms with E-state index in [1.807, 2.05) is 27.0 Å². The standard InChI is InChI=1S/C14H22N2O/c1-4-12-6-5-7-13(17)8-9-15-14(12)16-10-11(2)3/h4,10H,5-9H2,1-3H3,(H,15,16)/b12-4-. The van der Waals surface area contributed by atoms with Crippen molar-refractivity contribution < 1.29 is 4.79 Å². The third-order valence-corrected chi connectivity index (χ3v) is 2.71. The van der Waals surface area contributed by atoms with Crippen LogP contribution in [0.1, 0.15) is 46.5 Å². The highest BCUT2D eigenvalue weighted by atomic mass is 16.1. The number of allylic oxidation sites excluding steroid dienone is 2. The van der Waals surface area contributed by atoms with Crippen molar-refractivity contribution in [1.29, 1.82) is 0 Å². The van der Waals surface area contributed by atoms with Gasteiger partial charge < -0.3 is 5.32 Å². The second-order valence-electron chi connectivity index (χ2n) is 4.55. The van der Waals surface area contributed by atoms with Crippen molar-refractivity contribution in [2.75, 3.05) is 6.54 Å². The van der Waals surface area contributed by atoms with Crippen LogP contribution in [0.2, 0.25) is 0 Å². The average Bonchev–Trinajstić information content (AvgIpc) is 2.37. The Hall–Kier alpha value is -1.38. The summed E-state index contributed by atoms with van der Waals surface area (Å²) in [7, 11) is 0. The Morgan fingerprint density at radius 3 is 2.71 bits per heavy atom. The molecular formula is C14H22N2O. The molecule has 0 aromatic rings. The molecule has 0 saturated carbocycles. The number of aliphatic imine (C=N–C) groups is 1. The zero-order valence-electron chi connectivity index (χ0n) is 11.0. The first kappa shape index (κ1) is 13.7. The van der Waals surface area contributed by atoms with E-state index in [1.165, 1.54) is 11.1 Å². The van der Waals surface area contributed by atoms with Crippen molar-refractivity contribution in [2.45, 2.75) is 46.5 Å². The van der Waals surface area contributed by atoms with Gasteiger partial charge >= 0.3 is 0 Å². The predicted octanol–water partition coefficient (Wildman–Crippen LogP) is 2.99. The van der Waals surface area contributed by atoms with Gasteiger partial charge in [0, 0.05) is 25.6 Å². The van der Waals surface area contributed by atoms with Crippen LogP contribution in [-0.2, 0) is 4.79 Å². The van der Waals surface area contributed by atoms with Crippen LogP contribution in [0.4, 0.5) is 0 Å². The van der Waals surface area contributed by atoms with Crippen LogP contribution in [0.25, 0.3) is 0 Å². The Balaban J connectivity index is 2.81. The summed E-state index contributed by atoms with van der Waals surface area (Å²) in [6.45, 7) is 6.70. The quantitative estimate of drug-likeness (QED) is 0.757. The summed E-state index contributed by atoms with van der Waals surface area (Å²) in [6, 6.07) is 0. The van der Waals surface area contributed by atoms with E-state index in [9.17, 15) is 4.79 Å². The molecule has 3 nitrogen and oxygen atoms in total. The van der Waals surface area contributed by atoms with Gasteiger partial charge in [-0.05, 0) is 39.2 Å². The first-order valence-electron chi connectivity index (χ1n) is 6.25. The molecule has 1 heterocycles. The van der Waals surface area contributed by atoms with Gasteiger partial charge in [0.05, 0.1) is 0 Å². The van der Waals surface area contributed by atoms with Crippen LogP contribution in [0.15, 0.2) is 28.4 Å². The zero-order chi connectivity index (χ0) is 12.7. The number of nitrogens with zero attached hydrogens (tertiary/aromatic N) is 1. The van der Waals surface area contributed by atoms with Crippen LogP contribution >= 0.6 is 0 Å². The van der Waals surface area contributed by atoms with Gasteiger partial charge in [-0.25, -0.2) is 0 Å². The van der Waals surface area contributed by atoms with Crippen LogP contribution < -0.4 is 5.32 Å². The first-order chi connectivity index (χ1) is 8.13. The summed E-state index contributed by atoms with van der Waals surface area (Å²) in [5.41, 5.74) is 2.41. The average molecular weight is 234 g/mol. The predicted molar refractivity (Wildman–Crippen MR) is 72.1 cm³/mol. The molecule has 1 aliphatic rings. The molecule has 0 fully saturated rings. The molecule has 0 bridgehead atoms. The van der Waals surface area contributed by atoms with Crippen LogP contribution in [0.3, 0.4) is 0 Å². The maximum Gasteiger partial charge on any atom is 0.134 e. The van der Waals surface area contributed by atoms with Gasteiger partial charge in [0.25, 0.3) is 0 Å². The number of Topliss-reactive ketones (excluding diaryl/α,β-unsaturated/α-hetero) is 1. The molecule has 0 amide bonds. The van der Waals surface area contributed by atoms with Crippen LogP contribution in [-0.4, -0.2) is 18.2 Å². The monoisotopic (exact) mass is 234 g/mol. The van der Waals surface area contributed by atoms with E-state index >= 15 is 0 Å². The van der Waals surface area contributed by atoms with E-state index in [2.05, 4.69) is 16.4 Å². The Kier molecular flexibility index (Phi) is 5.67. The maximum absolute atomic E-state index is 11.4. The minimum atomic E-state index is 0.327. The Morgan fingerprint density at radius 2 is 2.06 bits per heavy atom. The maximum atomic E-state index is 11.4. The second-order valence-corrected chi connectivity index (χ2v) is 4.55. The van der Waals surface area contributed by atoms with Crippen LogP contribution in [0.5, 0.6) is 0 Å². The van der Waals surface area contributed by atoms with Crippen LogP contribution in [0, 0.1) is 0 Å². The van der Waals surface area contributed by atoms with Gasteiger partial charge in [0.15, 0.2) is 0 Å². The van der Waals surface area contributed by atoms with Crippen molar-refractivity contribution in [2.24, 2.45) is 4.99 Å². The molecule has 1 N–H and O–H groups in total. The molecule has 0 saturated heterocycles. The lowest BCUT2D eigenvalue weighted by molar-refractivity contribution is -0.118. The van der Waals surface area contributed by atoms with Crippen molar-refractivity contribution in [3.8, 4) is 0 Å². The number of amidine groups is 1. The van der Waals surface area contributed by atoms with Gasteiger partial charge in [-0.3, -0.25) is 9.79 Å². The van der Waals surface area contributed by atoms with Gasteiger partial charge in [-0.15, -0.1) is 0 Å². The highest BCUT2D eigenvalue weighted by Crippen LogP contribution is 2.12. The molecule has 0 aromatic heterocycles. The number of ketones is 1. The van der Waals surface area contributed by atoms with Crippen molar-refractivity contribution in [1.82, 2.24) is 5.32 Å². The second kappa shape index (κ2) is 7.05. The third kappa shape index (κ3) is 4.98. The number of rotatable bonds is 1. The lowest BCUT2D eigenvalue weighted by atomic mass is 10.1. The molecule has 0 unspecified atom stereocenters. The lowest BCUT2D eigenvalue weighted by Gasteiger charge is -2.10. The van der Waals surface area contributed by atoms with Crippen molar-refractivity contribution >= 4 is 11.6 Å². The smallest absolute Gasteiger partial charge is 0.134 e. The molecule has 0 radical (unpaired) electrons. The Labute approximate surface area is 104 Å². The molecule has 94 valence electrons. The summed E-state index contributed by atoms with van der Waals surface area (Å²) in [5, 5.41) is 3.24. The molecule has 3 heteroatoms. The summed E-state index contributed by atoms with van der Waals surface area (Å²) >= 11 is 0. The van der Waals surface area contributed by atoms with E-state index in [0.29, 0.717) is 25.2 Å². The number of carbonyl (C=O) groups is 1. The topological polar surface area (TPSA) is 41.5 Å². The van der Waals surface area contributed by atoms with E-state index < -0.39 is 0 Å². The zero-order valence-corrected chi connectivity index (χ0v) is 11.0. The lowest BCUT2D eigenvalue weighted by Crippen LogP contribution is -2.20. The Morgan fingerprint density at radius 1 is 1.29 bits per heavy atom. The minimum Gasteiger partial charge on any atom is -0.347 e. The molecule has 1 aliphatic heterocycles. The summed E-state index contributed by atoms with van der Waals surface area (Å²) in [5.74, 6) is 1.25. The first-order valence-corrected chi connectivity index (χ1v) is 6.25. The third-order valence-electron chi connectivity index (χ3n) is 2.71. The number of hydrogen-bond donors (Lipinski definition) is 1.